The number of anilines is 1. The molecule has 0 fully saturated rings. The minimum Gasteiger partial charge on any atom is -0.481 e. The van der Waals surface area contributed by atoms with Crippen molar-refractivity contribution in [1.29, 1.82) is 0 Å². The first-order valence-electron chi connectivity index (χ1n) is 7.04. The van der Waals surface area contributed by atoms with E-state index in [4.69, 9.17) is 5.11 Å². The summed E-state index contributed by atoms with van der Waals surface area (Å²) in [6.45, 7) is 0. The van der Waals surface area contributed by atoms with Crippen molar-refractivity contribution in [3.05, 3.63) is 17.6 Å². The highest BCUT2D eigenvalue weighted by Gasteiger charge is 2.36. The zero-order chi connectivity index (χ0) is 17.7. The van der Waals surface area contributed by atoms with Crippen molar-refractivity contribution < 1.29 is 23.1 Å². The second-order valence-electron chi connectivity index (χ2n) is 4.81. The summed E-state index contributed by atoms with van der Waals surface area (Å²) in [6.07, 6.45) is -1.80. The number of nitrogens with one attached hydrogen (secondary N) is 1. The highest BCUT2D eigenvalue weighted by Crippen LogP contribution is 2.27. The number of unbranched alkanes of at least 4 members (excludes halogenated alkanes) is 2. The Morgan fingerprint density at radius 3 is 2.75 bits per heavy atom. The minimum atomic E-state index is -4.68. The summed E-state index contributed by atoms with van der Waals surface area (Å²) < 4.78 is 39.7. The molecule has 0 saturated carbocycles. The van der Waals surface area contributed by atoms with E-state index in [-0.39, 0.29) is 23.6 Å². The van der Waals surface area contributed by atoms with E-state index >= 15 is 0 Å². The van der Waals surface area contributed by atoms with Crippen LogP contribution in [0.1, 0.15) is 37.1 Å². The van der Waals surface area contributed by atoms with Crippen LogP contribution >= 0.6 is 0 Å². The van der Waals surface area contributed by atoms with Crippen LogP contribution in [0.5, 0.6) is 0 Å². The van der Waals surface area contributed by atoms with Gasteiger partial charge in [0.25, 0.3) is 0 Å². The fourth-order valence-corrected chi connectivity index (χ4v) is 1.90. The van der Waals surface area contributed by atoms with Gasteiger partial charge in [-0.15, -0.1) is 0 Å². The monoisotopic (exact) mass is 341 g/mol. The highest BCUT2D eigenvalue weighted by atomic mass is 19.4. The number of aromatic nitrogens is 4. The molecule has 0 radical (unpaired) electrons. The number of hydrogen-bond donors (Lipinski definition) is 2. The Morgan fingerprint density at radius 1 is 1.38 bits per heavy atom. The van der Waals surface area contributed by atoms with E-state index in [0.717, 1.165) is 4.52 Å². The Hall–Kier alpha value is -2.83. The Balaban J connectivity index is 2.24. The molecular formula is C14H14F3N5O2. The van der Waals surface area contributed by atoms with Crippen LogP contribution in [-0.4, -0.2) is 37.7 Å². The molecule has 0 aliphatic carbocycles. The van der Waals surface area contributed by atoms with E-state index in [2.05, 4.69) is 32.2 Å². The number of carboxylic acids is 1. The molecule has 2 rings (SSSR count). The van der Waals surface area contributed by atoms with Crippen LogP contribution in [0.3, 0.4) is 0 Å². The first kappa shape index (κ1) is 17.5. The van der Waals surface area contributed by atoms with Crippen molar-refractivity contribution in [3.8, 4) is 11.8 Å². The summed E-state index contributed by atoms with van der Waals surface area (Å²) in [7, 11) is 1.43. The molecule has 0 atom stereocenters. The van der Waals surface area contributed by atoms with E-state index in [9.17, 15) is 18.0 Å². The molecule has 0 saturated heterocycles. The second kappa shape index (κ2) is 7.16. The second-order valence-corrected chi connectivity index (χ2v) is 4.81. The summed E-state index contributed by atoms with van der Waals surface area (Å²) in [4.78, 5) is 17.3. The summed E-state index contributed by atoms with van der Waals surface area (Å²) in [5.41, 5.74) is 0.206. The largest absolute Gasteiger partial charge is 0.481 e. The maximum Gasteiger partial charge on any atom is 0.451 e. The fourth-order valence-electron chi connectivity index (χ4n) is 1.90. The van der Waals surface area contributed by atoms with E-state index < -0.39 is 18.0 Å². The smallest absolute Gasteiger partial charge is 0.451 e. The molecule has 2 aromatic heterocycles. The maximum atomic E-state index is 12.9. The lowest BCUT2D eigenvalue weighted by Crippen LogP contribution is -2.15. The third-order valence-electron chi connectivity index (χ3n) is 3.01. The first-order valence-corrected chi connectivity index (χ1v) is 7.04. The van der Waals surface area contributed by atoms with Gasteiger partial charge in [-0.1, -0.05) is 11.8 Å². The SMILES string of the molecule is CNc1nc(C(F)(F)F)nc2c(C#CCCCCC(=O)O)cnn12. The molecule has 0 unspecified atom stereocenters. The van der Waals surface area contributed by atoms with Crippen molar-refractivity contribution in [2.24, 2.45) is 0 Å². The van der Waals surface area contributed by atoms with E-state index in [1.165, 1.54) is 13.2 Å². The number of fused-ring (bicyclic) bond motifs is 1. The van der Waals surface area contributed by atoms with Crippen molar-refractivity contribution in [2.75, 3.05) is 12.4 Å². The lowest BCUT2D eigenvalue weighted by atomic mass is 10.2. The molecule has 0 aliphatic heterocycles. The van der Waals surface area contributed by atoms with Gasteiger partial charge in [-0.05, 0) is 12.8 Å². The Kier molecular flexibility index (Phi) is 5.23. The normalized spacial score (nSPS) is 11.2. The van der Waals surface area contributed by atoms with Gasteiger partial charge in [0.05, 0.1) is 11.8 Å². The average molecular weight is 341 g/mol. The number of carboxylic acid groups (broad SMARTS) is 1. The Morgan fingerprint density at radius 2 is 2.12 bits per heavy atom. The molecule has 2 N–H and O–H groups in total. The van der Waals surface area contributed by atoms with Gasteiger partial charge in [0.1, 0.15) is 0 Å². The van der Waals surface area contributed by atoms with Crippen LogP contribution in [0, 0.1) is 11.8 Å². The van der Waals surface area contributed by atoms with Crippen LogP contribution in [0.2, 0.25) is 0 Å². The molecule has 2 heterocycles. The van der Waals surface area contributed by atoms with Crippen molar-refractivity contribution >= 4 is 17.6 Å². The zero-order valence-electron chi connectivity index (χ0n) is 12.7. The first-order chi connectivity index (χ1) is 11.3. The third-order valence-corrected chi connectivity index (χ3v) is 3.01. The standard InChI is InChI=1S/C14H14F3N5O2/c1-18-13-21-12(14(15,16)17)20-11-9(8-19-22(11)13)6-4-2-3-5-7-10(23)24/h8H,2-3,5,7H2,1H3,(H,23,24)(H,18,20,21). The maximum absolute atomic E-state index is 12.9. The number of carbonyl (C=O) groups is 1. The van der Waals surface area contributed by atoms with Crippen molar-refractivity contribution in [2.45, 2.75) is 31.9 Å². The quantitative estimate of drug-likeness (QED) is 0.640. The minimum absolute atomic E-state index is 0.0419. The summed E-state index contributed by atoms with van der Waals surface area (Å²) in [6, 6.07) is 0. The molecule has 0 spiro atoms. The molecular weight excluding hydrogens is 327 g/mol. The van der Waals surface area contributed by atoms with Gasteiger partial charge in [-0.2, -0.15) is 27.8 Å². The summed E-state index contributed by atoms with van der Waals surface area (Å²) >= 11 is 0. The Bertz CT molecular complexity index is 804. The van der Waals surface area contributed by atoms with Gasteiger partial charge in [0, 0.05) is 19.9 Å². The lowest BCUT2D eigenvalue weighted by Gasteiger charge is -2.08. The van der Waals surface area contributed by atoms with Gasteiger partial charge in [-0.25, -0.2) is 4.98 Å². The number of halogens is 3. The summed E-state index contributed by atoms with van der Waals surface area (Å²) in [5.74, 6) is 3.27. The van der Waals surface area contributed by atoms with Gasteiger partial charge >= 0.3 is 12.1 Å². The number of nitrogens with zero attached hydrogens (tertiary/aromatic N) is 4. The zero-order valence-corrected chi connectivity index (χ0v) is 12.7. The molecule has 24 heavy (non-hydrogen) atoms. The van der Waals surface area contributed by atoms with E-state index in [1.54, 1.807) is 0 Å². The molecule has 0 aliphatic rings. The van der Waals surface area contributed by atoms with Crippen LogP contribution in [0.4, 0.5) is 19.1 Å². The van der Waals surface area contributed by atoms with Gasteiger partial charge < -0.3 is 10.4 Å². The Labute approximate surface area is 134 Å². The lowest BCUT2D eigenvalue weighted by molar-refractivity contribution is -0.144. The van der Waals surface area contributed by atoms with E-state index in [0.29, 0.717) is 19.3 Å². The highest BCUT2D eigenvalue weighted by molar-refractivity contribution is 5.66. The van der Waals surface area contributed by atoms with Crippen molar-refractivity contribution in [1.82, 2.24) is 19.6 Å². The van der Waals surface area contributed by atoms with Gasteiger partial charge in [-0.3, -0.25) is 4.79 Å². The molecule has 7 nitrogen and oxygen atoms in total. The van der Waals surface area contributed by atoms with Gasteiger partial charge in [0.15, 0.2) is 5.65 Å². The summed E-state index contributed by atoms with van der Waals surface area (Å²) in [5, 5.41) is 15.0. The van der Waals surface area contributed by atoms with Crippen LogP contribution in [0.15, 0.2) is 6.20 Å². The topological polar surface area (TPSA) is 92.4 Å². The molecule has 0 amide bonds. The molecule has 2 aromatic rings. The third kappa shape index (κ3) is 4.13. The van der Waals surface area contributed by atoms with Crippen molar-refractivity contribution in [3.63, 3.8) is 0 Å². The molecule has 0 aromatic carbocycles. The number of rotatable bonds is 5. The number of aliphatic carboxylic acids is 1. The molecule has 128 valence electrons. The van der Waals surface area contributed by atoms with Crippen LogP contribution in [0.25, 0.3) is 5.65 Å². The number of alkyl halides is 3. The number of hydrogen-bond acceptors (Lipinski definition) is 5. The predicted molar refractivity (Wildman–Crippen MR) is 78.3 cm³/mol. The van der Waals surface area contributed by atoms with Gasteiger partial charge in [0.2, 0.25) is 11.8 Å². The fraction of sp³-hybridized carbons (Fsp3) is 0.429. The average Bonchev–Trinajstić information content (AvgIpc) is 2.92. The van der Waals surface area contributed by atoms with Crippen LogP contribution in [-0.2, 0) is 11.0 Å². The van der Waals surface area contributed by atoms with Crippen LogP contribution < -0.4 is 5.32 Å². The van der Waals surface area contributed by atoms with E-state index in [1.807, 2.05) is 0 Å². The molecule has 0 bridgehead atoms. The predicted octanol–water partition coefficient (Wildman–Crippen LogP) is 2.18. The molecule has 10 heteroatoms.